The number of rotatable bonds is 8. The number of aliphatic hydroxyl groups excluding tert-OH is 1. The first-order chi connectivity index (χ1) is 14.0. The molecule has 2 fully saturated rings. The van der Waals surface area contributed by atoms with Crippen LogP contribution in [0, 0.1) is 11.8 Å². The predicted molar refractivity (Wildman–Crippen MR) is 112 cm³/mol. The maximum Gasteiger partial charge on any atom is 0.222 e. The number of aliphatic hydroxyl groups is 1. The predicted octanol–water partition coefficient (Wildman–Crippen LogP) is 4.37. The monoisotopic (exact) mass is 401 g/mol. The Morgan fingerprint density at radius 1 is 1.14 bits per heavy atom. The second-order valence-electron chi connectivity index (χ2n) is 8.95. The van der Waals surface area contributed by atoms with Crippen molar-refractivity contribution in [3.8, 4) is 5.75 Å². The van der Waals surface area contributed by atoms with Crippen molar-refractivity contribution in [3.63, 3.8) is 0 Å². The van der Waals surface area contributed by atoms with Gasteiger partial charge in [-0.25, -0.2) is 0 Å². The molecule has 2 N–H and O–H groups in total. The minimum Gasteiger partial charge on any atom is -0.508 e. The van der Waals surface area contributed by atoms with Gasteiger partial charge in [0.05, 0.1) is 6.10 Å². The van der Waals surface area contributed by atoms with E-state index in [0.29, 0.717) is 36.8 Å². The summed E-state index contributed by atoms with van der Waals surface area (Å²) < 4.78 is 0. The largest absolute Gasteiger partial charge is 0.508 e. The molecule has 1 saturated heterocycles. The Labute approximate surface area is 174 Å². The number of hydrogen-bond donors (Lipinski definition) is 2. The molecule has 0 bridgehead atoms. The Hall–Kier alpha value is -1.88. The van der Waals surface area contributed by atoms with Gasteiger partial charge in [0.2, 0.25) is 5.91 Å². The molecule has 1 aliphatic carbocycles. The van der Waals surface area contributed by atoms with Crippen LogP contribution in [0.25, 0.3) is 0 Å². The lowest BCUT2D eigenvalue weighted by Gasteiger charge is -2.44. The fourth-order valence-corrected chi connectivity index (χ4v) is 5.12. The summed E-state index contributed by atoms with van der Waals surface area (Å²) in [5.41, 5.74) is 0.618. The topological polar surface area (TPSA) is 77.8 Å². The molecule has 0 radical (unpaired) electrons. The van der Waals surface area contributed by atoms with E-state index in [1.165, 1.54) is 31.7 Å². The minimum atomic E-state index is -0.788. The molecular weight excluding hydrogens is 366 g/mol. The number of nitrogens with zero attached hydrogens (tertiary/aromatic N) is 1. The maximum atomic E-state index is 12.7. The number of benzene rings is 1. The van der Waals surface area contributed by atoms with E-state index in [1.54, 1.807) is 18.2 Å². The zero-order valence-corrected chi connectivity index (χ0v) is 17.6. The Bertz CT molecular complexity index is 702. The zero-order chi connectivity index (χ0) is 20.8. The SMILES string of the molecule is CC(CC(=O)CCCC(=O)N1CCCC2CCCCC21)C(O)c1cccc(O)c1. The van der Waals surface area contributed by atoms with Crippen LogP contribution in [0.5, 0.6) is 5.75 Å². The van der Waals surface area contributed by atoms with Crippen LogP contribution in [0.2, 0.25) is 0 Å². The highest BCUT2D eigenvalue weighted by Gasteiger charge is 2.35. The molecule has 3 rings (SSSR count). The van der Waals surface area contributed by atoms with Crippen LogP contribution in [0.1, 0.15) is 82.8 Å². The fraction of sp³-hybridized carbons (Fsp3) is 0.667. The first-order valence-corrected chi connectivity index (χ1v) is 11.2. The van der Waals surface area contributed by atoms with E-state index in [4.69, 9.17) is 0 Å². The third-order valence-electron chi connectivity index (χ3n) is 6.71. The molecule has 29 heavy (non-hydrogen) atoms. The molecule has 0 spiro atoms. The number of ketones is 1. The molecule has 1 aromatic rings. The quantitative estimate of drug-likeness (QED) is 0.678. The lowest BCUT2D eigenvalue weighted by molar-refractivity contribution is -0.137. The van der Waals surface area contributed by atoms with E-state index in [2.05, 4.69) is 4.90 Å². The number of Topliss-reactive ketones (excluding diaryl/α,β-unsaturated/α-hetero) is 1. The molecule has 1 heterocycles. The number of phenols is 1. The van der Waals surface area contributed by atoms with Crippen molar-refractivity contribution >= 4 is 11.7 Å². The molecule has 0 aromatic heterocycles. The smallest absolute Gasteiger partial charge is 0.222 e. The summed E-state index contributed by atoms with van der Waals surface area (Å²) in [6, 6.07) is 6.95. The van der Waals surface area contributed by atoms with Gasteiger partial charge in [0.15, 0.2) is 0 Å². The highest BCUT2D eigenvalue weighted by molar-refractivity contribution is 5.80. The lowest BCUT2D eigenvalue weighted by atomic mass is 9.78. The first-order valence-electron chi connectivity index (χ1n) is 11.2. The maximum absolute atomic E-state index is 12.7. The summed E-state index contributed by atoms with van der Waals surface area (Å²) in [5.74, 6) is 0.852. The zero-order valence-electron chi connectivity index (χ0n) is 17.6. The van der Waals surface area contributed by atoms with Crippen LogP contribution in [0.4, 0.5) is 0 Å². The Balaban J connectivity index is 1.41. The Kier molecular flexibility index (Phi) is 7.70. The van der Waals surface area contributed by atoms with Gasteiger partial charge in [-0.1, -0.05) is 31.9 Å². The molecule has 1 aliphatic heterocycles. The number of likely N-dealkylation sites (tertiary alicyclic amines) is 1. The summed E-state index contributed by atoms with van der Waals surface area (Å²) in [5, 5.41) is 20.0. The number of carbonyl (C=O) groups is 2. The summed E-state index contributed by atoms with van der Waals surface area (Å²) >= 11 is 0. The molecule has 1 aromatic carbocycles. The number of amides is 1. The van der Waals surface area contributed by atoms with Crippen molar-refractivity contribution in [1.29, 1.82) is 0 Å². The van der Waals surface area contributed by atoms with Crippen LogP contribution >= 0.6 is 0 Å². The Morgan fingerprint density at radius 3 is 2.69 bits per heavy atom. The molecule has 160 valence electrons. The normalized spacial score (nSPS) is 23.9. The number of aromatic hydroxyl groups is 1. The average Bonchev–Trinajstić information content (AvgIpc) is 2.72. The average molecular weight is 402 g/mol. The molecule has 2 aliphatic rings. The number of hydrogen-bond acceptors (Lipinski definition) is 4. The Morgan fingerprint density at radius 2 is 1.90 bits per heavy atom. The van der Waals surface area contributed by atoms with Gasteiger partial charge in [-0.05, 0) is 61.6 Å². The van der Waals surface area contributed by atoms with Gasteiger partial charge in [0, 0.05) is 31.8 Å². The molecule has 5 heteroatoms. The molecular formula is C24H35NO4. The van der Waals surface area contributed by atoms with E-state index >= 15 is 0 Å². The van der Waals surface area contributed by atoms with Crippen molar-refractivity contribution in [2.24, 2.45) is 11.8 Å². The van der Waals surface area contributed by atoms with Crippen LogP contribution < -0.4 is 0 Å². The highest BCUT2D eigenvalue weighted by Crippen LogP contribution is 2.35. The number of carbonyl (C=O) groups excluding carboxylic acids is 2. The van der Waals surface area contributed by atoms with Crippen molar-refractivity contribution in [1.82, 2.24) is 4.90 Å². The second-order valence-corrected chi connectivity index (χ2v) is 8.95. The van der Waals surface area contributed by atoms with E-state index in [-0.39, 0.29) is 29.8 Å². The summed E-state index contributed by atoms with van der Waals surface area (Å²) in [6.07, 6.45) is 8.18. The van der Waals surface area contributed by atoms with Gasteiger partial charge in [-0.15, -0.1) is 0 Å². The van der Waals surface area contributed by atoms with Crippen molar-refractivity contribution in [2.45, 2.75) is 83.3 Å². The number of fused-ring (bicyclic) bond motifs is 1. The van der Waals surface area contributed by atoms with E-state index in [9.17, 15) is 19.8 Å². The number of piperidine rings is 1. The van der Waals surface area contributed by atoms with Gasteiger partial charge in [0.25, 0.3) is 0 Å². The van der Waals surface area contributed by atoms with Gasteiger partial charge < -0.3 is 15.1 Å². The third-order valence-corrected chi connectivity index (χ3v) is 6.71. The molecule has 5 nitrogen and oxygen atoms in total. The van der Waals surface area contributed by atoms with Crippen LogP contribution in [0.15, 0.2) is 24.3 Å². The summed E-state index contributed by atoms with van der Waals surface area (Å²) in [7, 11) is 0. The van der Waals surface area contributed by atoms with Crippen LogP contribution in [-0.4, -0.2) is 39.4 Å². The summed E-state index contributed by atoms with van der Waals surface area (Å²) in [6.45, 7) is 2.72. The summed E-state index contributed by atoms with van der Waals surface area (Å²) in [4.78, 5) is 27.2. The van der Waals surface area contributed by atoms with Gasteiger partial charge in [-0.2, -0.15) is 0 Å². The lowest BCUT2D eigenvalue weighted by Crippen LogP contribution is -2.49. The van der Waals surface area contributed by atoms with E-state index in [1.807, 2.05) is 6.92 Å². The minimum absolute atomic E-state index is 0.0821. The second kappa shape index (κ2) is 10.2. The highest BCUT2D eigenvalue weighted by atomic mass is 16.3. The fourth-order valence-electron chi connectivity index (χ4n) is 5.12. The number of phenolic OH excluding ortho intramolecular Hbond substituents is 1. The molecule has 1 amide bonds. The first kappa shape index (κ1) is 21.8. The third kappa shape index (κ3) is 5.81. The van der Waals surface area contributed by atoms with E-state index in [0.717, 1.165) is 19.4 Å². The molecule has 4 unspecified atom stereocenters. The van der Waals surface area contributed by atoms with Crippen molar-refractivity contribution in [2.75, 3.05) is 6.54 Å². The van der Waals surface area contributed by atoms with Gasteiger partial charge >= 0.3 is 0 Å². The van der Waals surface area contributed by atoms with Gasteiger partial charge in [0.1, 0.15) is 11.5 Å². The van der Waals surface area contributed by atoms with Crippen LogP contribution in [-0.2, 0) is 9.59 Å². The molecule has 4 atom stereocenters. The standard InChI is InChI=1S/C24H35NO4/c1-17(24(29)19-8-4-10-21(27)16-19)15-20(26)11-5-13-23(28)25-14-6-9-18-7-2-3-12-22(18)25/h4,8,10,16-18,22,24,27,29H,2-3,5-7,9,11-15H2,1H3. The molecule has 1 saturated carbocycles. The van der Waals surface area contributed by atoms with Crippen molar-refractivity contribution in [3.05, 3.63) is 29.8 Å². The van der Waals surface area contributed by atoms with Crippen LogP contribution in [0.3, 0.4) is 0 Å². The van der Waals surface area contributed by atoms with Gasteiger partial charge in [-0.3, -0.25) is 9.59 Å². The van der Waals surface area contributed by atoms with Crippen molar-refractivity contribution < 1.29 is 19.8 Å². The van der Waals surface area contributed by atoms with E-state index < -0.39 is 6.10 Å².